The molecule has 0 saturated heterocycles. The zero-order chi connectivity index (χ0) is 13.8. The zero-order valence-corrected chi connectivity index (χ0v) is 12.4. The lowest BCUT2D eigenvalue weighted by atomic mass is 10.1. The summed E-state index contributed by atoms with van der Waals surface area (Å²) < 4.78 is 0. The molecule has 1 aromatic heterocycles. The van der Waals surface area contributed by atoms with Crippen LogP contribution in [0.4, 0.5) is 0 Å². The summed E-state index contributed by atoms with van der Waals surface area (Å²) in [4.78, 5) is 5.86. The number of benzene rings is 1. The van der Waals surface area contributed by atoms with E-state index in [2.05, 4.69) is 24.1 Å². The summed E-state index contributed by atoms with van der Waals surface area (Å²) in [6, 6.07) is 7.65. The second-order valence-corrected chi connectivity index (χ2v) is 6.17. The van der Waals surface area contributed by atoms with Crippen LogP contribution in [0.5, 0.6) is 5.75 Å². The van der Waals surface area contributed by atoms with Crippen molar-refractivity contribution in [1.29, 1.82) is 0 Å². The molecule has 0 aliphatic carbocycles. The first-order chi connectivity index (χ1) is 9.06. The summed E-state index contributed by atoms with van der Waals surface area (Å²) in [7, 11) is 0. The first-order valence-electron chi connectivity index (χ1n) is 6.51. The van der Waals surface area contributed by atoms with E-state index in [1.165, 1.54) is 10.4 Å². The van der Waals surface area contributed by atoms with Gasteiger partial charge in [0.1, 0.15) is 5.75 Å². The van der Waals surface area contributed by atoms with E-state index in [0.717, 1.165) is 23.7 Å². The van der Waals surface area contributed by atoms with E-state index in [0.29, 0.717) is 5.75 Å². The lowest BCUT2D eigenvalue weighted by molar-refractivity contribution is 0.475. The molecule has 0 fully saturated rings. The van der Waals surface area contributed by atoms with E-state index in [4.69, 9.17) is 0 Å². The summed E-state index contributed by atoms with van der Waals surface area (Å²) in [6.45, 7) is 7.22. The molecule has 2 rings (SSSR count). The number of aryl methyl sites for hydroxylation is 2. The van der Waals surface area contributed by atoms with E-state index in [1.807, 2.05) is 19.1 Å². The SMILES string of the molecule is Cc1nc(C(C)NCCc2ccc(O)cc2)c(C)s1. The van der Waals surface area contributed by atoms with Crippen LogP contribution in [0.15, 0.2) is 24.3 Å². The molecule has 2 N–H and O–H groups in total. The number of rotatable bonds is 5. The Kier molecular flexibility index (Phi) is 4.56. The predicted octanol–water partition coefficient (Wildman–Crippen LogP) is 3.36. The normalized spacial score (nSPS) is 12.6. The molecule has 19 heavy (non-hydrogen) atoms. The lowest BCUT2D eigenvalue weighted by Crippen LogP contribution is -2.22. The molecule has 0 amide bonds. The van der Waals surface area contributed by atoms with Crippen LogP contribution in [0.3, 0.4) is 0 Å². The van der Waals surface area contributed by atoms with Crippen LogP contribution in [-0.4, -0.2) is 16.6 Å². The predicted molar refractivity (Wildman–Crippen MR) is 79.8 cm³/mol. The summed E-state index contributed by atoms with van der Waals surface area (Å²) in [5.74, 6) is 0.318. The second-order valence-electron chi connectivity index (χ2n) is 4.77. The van der Waals surface area contributed by atoms with Gasteiger partial charge in [-0.15, -0.1) is 11.3 Å². The topological polar surface area (TPSA) is 45.2 Å². The van der Waals surface area contributed by atoms with Gasteiger partial charge in [0.05, 0.1) is 10.7 Å². The largest absolute Gasteiger partial charge is 0.508 e. The molecular weight excluding hydrogens is 256 g/mol. The Balaban J connectivity index is 1.85. The van der Waals surface area contributed by atoms with Crippen molar-refractivity contribution in [2.24, 2.45) is 0 Å². The van der Waals surface area contributed by atoms with Crippen molar-refractivity contribution in [3.8, 4) is 5.75 Å². The minimum absolute atomic E-state index is 0.280. The number of aromatic hydroxyl groups is 1. The van der Waals surface area contributed by atoms with Crippen LogP contribution in [0.1, 0.15) is 34.1 Å². The molecule has 1 unspecified atom stereocenters. The number of nitrogens with one attached hydrogen (secondary N) is 1. The highest BCUT2D eigenvalue weighted by molar-refractivity contribution is 7.11. The standard InChI is InChI=1S/C15H20N2OS/c1-10(15-11(2)19-12(3)17-15)16-9-8-13-4-6-14(18)7-5-13/h4-7,10,16,18H,8-9H2,1-3H3. The van der Waals surface area contributed by atoms with Crippen molar-refractivity contribution in [2.45, 2.75) is 33.2 Å². The molecule has 102 valence electrons. The van der Waals surface area contributed by atoms with Gasteiger partial charge in [-0.05, 0) is 51.4 Å². The molecule has 3 nitrogen and oxygen atoms in total. The van der Waals surface area contributed by atoms with Crippen molar-refractivity contribution in [3.63, 3.8) is 0 Å². The molecular formula is C15H20N2OS. The fourth-order valence-electron chi connectivity index (χ4n) is 2.14. The first kappa shape index (κ1) is 14.0. The average molecular weight is 276 g/mol. The molecule has 0 saturated carbocycles. The molecule has 1 aromatic carbocycles. The highest BCUT2D eigenvalue weighted by atomic mass is 32.1. The summed E-state index contributed by atoms with van der Waals surface area (Å²) >= 11 is 1.75. The Morgan fingerprint density at radius 1 is 1.26 bits per heavy atom. The molecule has 0 aliphatic rings. The van der Waals surface area contributed by atoms with E-state index < -0.39 is 0 Å². The van der Waals surface area contributed by atoms with Crippen molar-refractivity contribution in [2.75, 3.05) is 6.54 Å². The quantitative estimate of drug-likeness (QED) is 0.880. The Bertz CT molecular complexity index is 534. The van der Waals surface area contributed by atoms with E-state index in [-0.39, 0.29) is 6.04 Å². The number of hydrogen-bond donors (Lipinski definition) is 2. The highest BCUT2D eigenvalue weighted by Gasteiger charge is 2.12. The molecule has 2 aromatic rings. The minimum Gasteiger partial charge on any atom is -0.508 e. The third-order valence-electron chi connectivity index (χ3n) is 3.15. The van der Waals surface area contributed by atoms with Gasteiger partial charge in [0, 0.05) is 10.9 Å². The van der Waals surface area contributed by atoms with Crippen molar-refractivity contribution in [1.82, 2.24) is 10.3 Å². The van der Waals surface area contributed by atoms with Crippen LogP contribution < -0.4 is 5.32 Å². The maximum atomic E-state index is 9.23. The summed E-state index contributed by atoms with van der Waals surface area (Å²) in [5.41, 5.74) is 2.39. The zero-order valence-electron chi connectivity index (χ0n) is 11.6. The fourth-order valence-corrected chi connectivity index (χ4v) is 3.05. The summed E-state index contributed by atoms with van der Waals surface area (Å²) in [6.07, 6.45) is 0.951. The van der Waals surface area contributed by atoms with Gasteiger partial charge in [-0.2, -0.15) is 0 Å². The number of phenols is 1. The third kappa shape index (κ3) is 3.78. The Labute approximate surface area is 118 Å². The van der Waals surface area contributed by atoms with Gasteiger partial charge in [-0.3, -0.25) is 0 Å². The Hall–Kier alpha value is -1.39. The van der Waals surface area contributed by atoms with Crippen LogP contribution in [-0.2, 0) is 6.42 Å². The van der Waals surface area contributed by atoms with Crippen molar-refractivity contribution < 1.29 is 5.11 Å². The van der Waals surface area contributed by atoms with Gasteiger partial charge in [-0.1, -0.05) is 12.1 Å². The second kappa shape index (κ2) is 6.17. The fraction of sp³-hybridized carbons (Fsp3) is 0.400. The number of nitrogens with zero attached hydrogens (tertiary/aromatic N) is 1. The van der Waals surface area contributed by atoms with Crippen LogP contribution >= 0.6 is 11.3 Å². The van der Waals surface area contributed by atoms with E-state index in [9.17, 15) is 5.11 Å². The smallest absolute Gasteiger partial charge is 0.115 e. The number of phenolic OH excluding ortho intramolecular Hbond substituents is 1. The van der Waals surface area contributed by atoms with E-state index >= 15 is 0 Å². The lowest BCUT2D eigenvalue weighted by Gasteiger charge is -2.12. The molecule has 0 aliphatic heterocycles. The van der Waals surface area contributed by atoms with Gasteiger partial charge in [0.25, 0.3) is 0 Å². The molecule has 4 heteroatoms. The maximum Gasteiger partial charge on any atom is 0.115 e. The highest BCUT2D eigenvalue weighted by Crippen LogP contribution is 2.22. The minimum atomic E-state index is 0.280. The molecule has 1 atom stereocenters. The molecule has 0 bridgehead atoms. The van der Waals surface area contributed by atoms with Gasteiger partial charge in [-0.25, -0.2) is 4.98 Å². The number of hydrogen-bond acceptors (Lipinski definition) is 4. The number of aromatic nitrogens is 1. The van der Waals surface area contributed by atoms with Gasteiger partial charge in [0.15, 0.2) is 0 Å². The van der Waals surface area contributed by atoms with Crippen LogP contribution in [0.25, 0.3) is 0 Å². The molecule has 0 radical (unpaired) electrons. The van der Waals surface area contributed by atoms with Gasteiger partial charge in [0.2, 0.25) is 0 Å². The van der Waals surface area contributed by atoms with Crippen LogP contribution in [0, 0.1) is 13.8 Å². The van der Waals surface area contributed by atoms with Gasteiger partial charge < -0.3 is 10.4 Å². The molecule has 1 heterocycles. The maximum absolute atomic E-state index is 9.23. The van der Waals surface area contributed by atoms with Crippen LogP contribution in [0.2, 0.25) is 0 Å². The third-order valence-corrected chi connectivity index (χ3v) is 4.05. The number of thiazole rings is 1. The first-order valence-corrected chi connectivity index (χ1v) is 7.33. The van der Waals surface area contributed by atoms with Gasteiger partial charge >= 0.3 is 0 Å². The van der Waals surface area contributed by atoms with Crippen molar-refractivity contribution in [3.05, 3.63) is 45.4 Å². The molecule has 0 spiro atoms. The Morgan fingerprint density at radius 2 is 1.95 bits per heavy atom. The Morgan fingerprint density at radius 3 is 2.53 bits per heavy atom. The summed E-state index contributed by atoms with van der Waals surface area (Å²) in [5, 5.41) is 13.9. The monoisotopic (exact) mass is 276 g/mol. The average Bonchev–Trinajstić information content (AvgIpc) is 2.71. The van der Waals surface area contributed by atoms with Crippen molar-refractivity contribution >= 4 is 11.3 Å². The van der Waals surface area contributed by atoms with E-state index in [1.54, 1.807) is 23.5 Å².